The summed E-state index contributed by atoms with van der Waals surface area (Å²) in [5.74, 6) is -0.677. The zero-order valence-electron chi connectivity index (χ0n) is 10.3. The highest BCUT2D eigenvalue weighted by molar-refractivity contribution is 5.50. The van der Waals surface area contributed by atoms with Crippen LogP contribution in [0.1, 0.15) is 18.9 Å². The van der Waals surface area contributed by atoms with Gasteiger partial charge < -0.3 is 10.2 Å². The molecule has 17 heavy (non-hydrogen) atoms. The topological polar surface area (TPSA) is 15.3 Å². The molecule has 0 spiro atoms. The second-order valence-electron chi connectivity index (χ2n) is 4.71. The molecule has 94 valence electrons. The predicted octanol–water partition coefficient (Wildman–Crippen LogP) is 2.46. The maximum atomic E-state index is 13.8. The number of rotatable bonds is 1. The second kappa shape index (κ2) is 5.00. The molecule has 0 bridgehead atoms. The molecule has 1 atom stereocenters. The highest BCUT2D eigenvalue weighted by atomic mass is 19.1. The Morgan fingerprint density at radius 1 is 1.29 bits per heavy atom. The Bertz CT molecular complexity index is 407. The summed E-state index contributed by atoms with van der Waals surface area (Å²) < 4.78 is 27.3. The first-order chi connectivity index (χ1) is 8.08. The van der Waals surface area contributed by atoms with Gasteiger partial charge in [-0.25, -0.2) is 8.78 Å². The van der Waals surface area contributed by atoms with Crippen LogP contribution >= 0.6 is 0 Å². The van der Waals surface area contributed by atoms with Crippen LogP contribution in [-0.4, -0.2) is 25.7 Å². The highest BCUT2D eigenvalue weighted by Gasteiger charge is 2.18. The molecule has 0 saturated carbocycles. The van der Waals surface area contributed by atoms with Gasteiger partial charge in [-0.3, -0.25) is 0 Å². The fraction of sp³-hybridized carbons (Fsp3) is 0.538. The number of aryl methyl sites for hydroxylation is 1. The number of hydrogen-bond donors (Lipinski definition) is 1. The summed E-state index contributed by atoms with van der Waals surface area (Å²) in [7, 11) is 0. The van der Waals surface area contributed by atoms with Gasteiger partial charge in [0.2, 0.25) is 0 Å². The van der Waals surface area contributed by atoms with Gasteiger partial charge >= 0.3 is 0 Å². The van der Waals surface area contributed by atoms with E-state index in [4.69, 9.17) is 0 Å². The fourth-order valence-corrected chi connectivity index (χ4v) is 2.20. The number of anilines is 1. The van der Waals surface area contributed by atoms with Crippen molar-refractivity contribution in [2.45, 2.75) is 26.3 Å². The second-order valence-corrected chi connectivity index (χ2v) is 4.71. The van der Waals surface area contributed by atoms with E-state index in [-0.39, 0.29) is 11.6 Å². The van der Waals surface area contributed by atoms with Crippen LogP contribution in [-0.2, 0) is 0 Å². The van der Waals surface area contributed by atoms with Crippen LogP contribution in [0.4, 0.5) is 14.5 Å². The molecule has 1 aromatic carbocycles. The molecule has 1 aromatic rings. The first kappa shape index (κ1) is 12.3. The van der Waals surface area contributed by atoms with Crippen molar-refractivity contribution in [1.29, 1.82) is 0 Å². The Labute approximate surface area is 101 Å². The lowest BCUT2D eigenvalue weighted by Crippen LogP contribution is -2.35. The predicted molar refractivity (Wildman–Crippen MR) is 65.4 cm³/mol. The van der Waals surface area contributed by atoms with Gasteiger partial charge in [-0.05, 0) is 38.4 Å². The zero-order valence-corrected chi connectivity index (χ0v) is 10.3. The van der Waals surface area contributed by atoms with Gasteiger partial charge in [0.25, 0.3) is 0 Å². The van der Waals surface area contributed by atoms with Gasteiger partial charge in [0.15, 0.2) is 0 Å². The van der Waals surface area contributed by atoms with E-state index < -0.39 is 0 Å². The van der Waals surface area contributed by atoms with E-state index in [1.54, 1.807) is 6.92 Å². The van der Waals surface area contributed by atoms with Gasteiger partial charge in [0, 0.05) is 25.2 Å². The molecule has 2 nitrogen and oxygen atoms in total. The molecule has 0 aromatic heterocycles. The molecule has 1 aliphatic rings. The summed E-state index contributed by atoms with van der Waals surface area (Å²) in [6.07, 6.45) is 0.944. The summed E-state index contributed by atoms with van der Waals surface area (Å²) in [6, 6.07) is 2.87. The molecule has 0 aliphatic carbocycles. The first-order valence-corrected chi connectivity index (χ1v) is 6.02. The standard InChI is InChI=1S/C13H18F2N2/c1-9-6-12(15)13(7-11(9)14)17-5-3-4-16-10(2)8-17/h6-7,10,16H,3-5,8H2,1-2H3. The van der Waals surface area contributed by atoms with Crippen molar-refractivity contribution in [3.8, 4) is 0 Å². The van der Waals surface area contributed by atoms with E-state index >= 15 is 0 Å². The number of nitrogens with zero attached hydrogens (tertiary/aromatic N) is 1. The van der Waals surface area contributed by atoms with E-state index in [0.29, 0.717) is 23.8 Å². The lowest BCUT2D eigenvalue weighted by atomic mass is 10.1. The SMILES string of the molecule is Cc1cc(F)c(N2CCCNC(C)C2)cc1F. The molecular weight excluding hydrogens is 222 g/mol. The Hall–Kier alpha value is -1.16. The third-order valence-electron chi connectivity index (χ3n) is 3.16. The van der Waals surface area contributed by atoms with Crippen molar-refractivity contribution in [1.82, 2.24) is 5.32 Å². The molecule has 1 unspecified atom stereocenters. The lowest BCUT2D eigenvalue weighted by molar-refractivity contribution is 0.569. The minimum atomic E-state index is -0.341. The summed E-state index contributed by atoms with van der Waals surface area (Å²) in [6.45, 7) is 6.03. The van der Waals surface area contributed by atoms with Crippen LogP contribution < -0.4 is 10.2 Å². The van der Waals surface area contributed by atoms with Gasteiger partial charge in [-0.15, -0.1) is 0 Å². The van der Waals surface area contributed by atoms with E-state index in [1.165, 1.54) is 12.1 Å². The van der Waals surface area contributed by atoms with Crippen LogP contribution in [0.3, 0.4) is 0 Å². The Morgan fingerprint density at radius 3 is 2.82 bits per heavy atom. The highest BCUT2D eigenvalue weighted by Crippen LogP contribution is 2.24. The number of benzene rings is 1. The number of nitrogens with one attached hydrogen (secondary N) is 1. The third kappa shape index (κ3) is 2.75. The molecule has 1 fully saturated rings. The Morgan fingerprint density at radius 2 is 2.06 bits per heavy atom. The van der Waals surface area contributed by atoms with Crippen molar-refractivity contribution in [2.24, 2.45) is 0 Å². The Balaban J connectivity index is 2.28. The molecule has 2 rings (SSSR count). The van der Waals surface area contributed by atoms with Crippen molar-refractivity contribution in [2.75, 3.05) is 24.5 Å². The monoisotopic (exact) mass is 240 g/mol. The zero-order chi connectivity index (χ0) is 12.4. The summed E-state index contributed by atoms with van der Waals surface area (Å²) in [4.78, 5) is 1.92. The number of hydrogen-bond acceptors (Lipinski definition) is 2. The smallest absolute Gasteiger partial charge is 0.146 e. The lowest BCUT2D eigenvalue weighted by Gasteiger charge is -2.25. The average molecular weight is 240 g/mol. The maximum absolute atomic E-state index is 13.8. The van der Waals surface area contributed by atoms with E-state index in [0.717, 1.165) is 19.5 Å². The molecular formula is C13H18F2N2. The molecule has 1 saturated heterocycles. The third-order valence-corrected chi connectivity index (χ3v) is 3.16. The molecule has 0 radical (unpaired) electrons. The molecule has 1 heterocycles. The van der Waals surface area contributed by atoms with Crippen molar-refractivity contribution < 1.29 is 8.78 Å². The van der Waals surface area contributed by atoms with Gasteiger partial charge in [0.05, 0.1) is 5.69 Å². The average Bonchev–Trinajstić information content (AvgIpc) is 2.48. The Kier molecular flexibility index (Phi) is 3.62. The van der Waals surface area contributed by atoms with Gasteiger partial charge in [-0.1, -0.05) is 0 Å². The van der Waals surface area contributed by atoms with Crippen LogP contribution in [0.2, 0.25) is 0 Å². The largest absolute Gasteiger partial charge is 0.367 e. The van der Waals surface area contributed by atoms with E-state index in [9.17, 15) is 8.78 Å². The minimum Gasteiger partial charge on any atom is -0.367 e. The van der Waals surface area contributed by atoms with Crippen molar-refractivity contribution in [3.63, 3.8) is 0 Å². The summed E-state index contributed by atoms with van der Waals surface area (Å²) >= 11 is 0. The van der Waals surface area contributed by atoms with E-state index in [2.05, 4.69) is 12.2 Å². The maximum Gasteiger partial charge on any atom is 0.146 e. The fourth-order valence-electron chi connectivity index (χ4n) is 2.20. The van der Waals surface area contributed by atoms with Crippen molar-refractivity contribution in [3.05, 3.63) is 29.3 Å². The summed E-state index contributed by atoms with van der Waals surface area (Å²) in [5.41, 5.74) is 0.732. The van der Waals surface area contributed by atoms with Crippen LogP contribution in [0.25, 0.3) is 0 Å². The molecule has 4 heteroatoms. The van der Waals surface area contributed by atoms with Gasteiger partial charge in [0.1, 0.15) is 11.6 Å². The molecule has 1 N–H and O–H groups in total. The van der Waals surface area contributed by atoms with Gasteiger partial charge in [-0.2, -0.15) is 0 Å². The quantitative estimate of drug-likeness (QED) is 0.811. The minimum absolute atomic E-state index is 0.293. The van der Waals surface area contributed by atoms with Crippen LogP contribution in [0.15, 0.2) is 12.1 Å². The van der Waals surface area contributed by atoms with Crippen molar-refractivity contribution >= 4 is 5.69 Å². The molecule has 1 aliphatic heterocycles. The summed E-state index contributed by atoms with van der Waals surface area (Å²) in [5, 5.41) is 3.33. The van der Waals surface area contributed by atoms with Crippen LogP contribution in [0, 0.1) is 18.6 Å². The number of halogens is 2. The van der Waals surface area contributed by atoms with E-state index in [1.807, 2.05) is 4.90 Å². The first-order valence-electron chi connectivity index (χ1n) is 6.02. The molecule has 0 amide bonds. The normalized spacial score (nSPS) is 21.4. The van der Waals surface area contributed by atoms with Crippen LogP contribution in [0.5, 0.6) is 0 Å².